The standard InChI is InChI=1S/C24H26N10O3/c1-30-18-21(28-23(26)34-22(18)27-20(29-34)17-6-3-13-37-17)33(24(30)36)12-9-31-7-10-32(11-8-31)16-5-2-4-15(14-16)19(25)35/h2-6,13-14H,7-12H2,1H3,(H2,25,35)(H2,26,28). The van der Waals surface area contributed by atoms with Crippen LogP contribution in [0.3, 0.4) is 0 Å². The van der Waals surface area contributed by atoms with Crippen LogP contribution in [0.2, 0.25) is 0 Å². The van der Waals surface area contributed by atoms with Gasteiger partial charge in [-0.15, -0.1) is 5.10 Å². The van der Waals surface area contributed by atoms with Gasteiger partial charge < -0.3 is 20.8 Å². The van der Waals surface area contributed by atoms with Crippen LogP contribution in [0.15, 0.2) is 51.9 Å². The van der Waals surface area contributed by atoms with Crippen molar-refractivity contribution >= 4 is 34.4 Å². The Morgan fingerprint density at radius 2 is 1.86 bits per heavy atom. The molecule has 0 radical (unpaired) electrons. The van der Waals surface area contributed by atoms with Gasteiger partial charge >= 0.3 is 5.69 Å². The van der Waals surface area contributed by atoms with E-state index in [0.717, 1.165) is 31.9 Å². The average Bonchev–Trinajstić information content (AvgIpc) is 3.63. The molecule has 0 aliphatic carbocycles. The Hall–Kier alpha value is -4.65. The number of aromatic nitrogens is 6. The average molecular weight is 503 g/mol. The quantitative estimate of drug-likeness (QED) is 0.338. The molecule has 0 atom stereocenters. The van der Waals surface area contributed by atoms with Gasteiger partial charge in [0.2, 0.25) is 17.7 Å². The minimum Gasteiger partial charge on any atom is -0.461 e. The van der Waals surface area contributed by atoms with Gasteiger partial charge in [-0.3, -0.25) is 18.8 Å². The molecule has 1 saturated heterocycles. The molecule has 6 rings (SSSR count). The number of nitrogens with zero attached hydrogens (tertiary/aromatic N) is 8. The third kappa shape index (κ3) is 3.89. The van der Waals surface area contributed by atoms with Crippen LogP contribution in [0.1, 0.15) is 10.4 Å². The lowest BCUT2D eigenvalue weighted by Gasteiger charge is -2.36. The van der Waals surface area contributed by atoms with Gasteiger partial charge in [0.15, 0.2) is 17.1 Å². The van der Waals surface area contributed by atoms with Crippen molar-refractivity contribution < 1.29 is 9.21 Å². The molecule has 1 aromatic carbocycles. The van der Waals surface area contributed by atoms with Crippen LogP contribution >= 0.6 is 0 Å². The fourth-order valence-corrected chi connectivity index (χ4v) is 4.83. The van der Waals surface area contributed by atoms with E-state index in [1.54, 1.807) is 36.1 Å². The van der Waals surface area contributed by atoms with Crippen molar-refractivity contribution in [1.29, 1.82) is 0 Å². The summed E-state index contributed by atoms with van der Waals surface area (Å²) in [6, 6.07) is 10.9. The number of carbonyl (C=O) groups excluding carboxylic acids is 1. The molecular weight excluding hydrogens is 476 g/mol. The molecule has 1 aliphatic rings. The van der Waals surface area contributed by atoms with Gasteiger partial charge in [0.05, 0.1) is 6.26 Å². The van der Waals surface area contributed by atoms with Crippen molar-refractivity contribution in [2.75, 3.05) is 43.4 Å². The second-order valence-corrected chi connectivity index (χ2v) is 9.03. The van der Waals surface area contributed by atoms with Crippen molar-refractivity contribution in [3.63, 3.8) is 0 Å². The van der Waals surface area contributed by atoms with Gasteiger partial charge in [-0.1, -0.05) is 6.07 Å². The third-order valence-electron chi connectivity index (χ3n) is 6.83. The van der Waals surface area contributed by atoms with Crippen molar-refractivity contribution in [2.24, 2.45) is 12.8 Å². The molecule has 37 heavy (non-hydrogen) atoms. The molecule has 4 aromatic heterocycles. The van der Waals surface area contributed by atoms with Crippen LogP contribution in [-0.2, 0) is 13.6 Å². The number of piperazine rings is 1. The number of carbonyl (C=O) groups is 1. The maximum absolute atomic E-state index is 13.2. The van der Waals surface area contributed by atoms with E-state index in [1.807, 2.05) is 18.2 Å². The largest absolute Gasteiger partial charge is 0.461 e. The van der Waals surface area contributed by atoms with E-state index in [-0.39, 0.29) is 11.6 Å². The van der Waals surface area contributed by atoms with Crippen molar-refractivity contribution in [2.45, 2.75) is 6.54 Å². The first-order valence-corrected chi connectivity index (χ1v) is 11.9. The number of amides is 1. The fraction of sp³-hybridized carbons (Fsp3) is 0.292. The minimum absolute atomic E-state index is 0.138. The molecule has 5 aromatic rings. The summed E-state index contributed by atoms with van der Waals surface area (Å²) in [5.41, 5.74) is 14.4. The van der Waals surface area contributed by atoms with Crippen LogP contribution in [0.4, 0.5) is 11.6 Å². The minimum atomic E-state index is -0.434. The van der Waals surface area contributed by atoms with Gasteiger partial charge in [0.1, 0.15) is 5.52 Å². The first-order valence-electron chi connectivity index (χ1n) is 11.9. The molecule has 0 unspecified atom stereocenters. The summed E-state index contributed by atoms with van der Waals surface area (Å²) in [7, 11) is 1.69. The SMILES string of the molecule is Cn1c(=O)n(CCN2CCN(c3cccc(C(N)=O)c3)CC2)c2nc(N)n3nc(-c4ccco4)nc3c21. The molecule has 13 heteroatoms. The number of nitrogens with two attached hydrogens (primary N) is 2. The fourth-order valence-electron chi connectivity index (χ4n) is 4.83. The lowest BCUT2D eigenvalue weighted by atomic mass is 10.1. The van der Waals surface area contributed by atoms with Crippen LogP contribution < -0.4 is 22.1 Å². The topological polar surface area (TPSA) is 159 Å². The highest BCUT2D eigenvalue weighted by atomic mass is 16.3. The summed E-state index contributed by atoms with van der Waals surface area (Å²) in [6.45, 7) is 4.36. The zero-order chi connectivity index (χ0) is 25.7. The number of fused-ring (bicyclic) bond motifs is 3. The van der Waals surface area contributed by atoms with E-state index in [2.05, 4.69) is 24.9 Å². The zero-order valence-electron chi connectivity index (χ0n) is 20.2. The number of hydrogen-bond donors (Lipinski definition) is 2. The Kier molecular flexibility index (Phi) is 5.41. The molecule has 1 aliphatic heterocycles. The van der Waals surface area contributed by atoms with Gasteiger partial charge in [-0.2, -0.15) is 9.50 Å². The van der Waals surface area contributed by atoms with Crippen molar-refractivity contribution in [3.8, 4) is 11.6 Å². The second kappa shape index (κ2) is 8.78. The molecule has 0 spiro atoms. The number of imidazole rings is 1. The normalized spacial score (nSPS) is 14.7. The zero-order valence-corrected chi connectivity index (χ0v) is 20.2. The number of anilines is 2. The first-order chi connectivity index (χ1) is 17.9. The summed E-state index contributed by atoms with van der Waals surface area (Å²) in [5.74, 6) is 0.571. The lowest BCUT2D eigenvalue weighted by Crippen LogP contribution is -2.47. The van der Waals surface area contributed by atoms with E-state index in [4.69, 9.17) is 15.9 Å². The maximum Gasteiger partial charge on any atom is 0.330 e. The van der Waals surface area contributed by atoms with Crippen LogP contribution in [0.25, 0.3) is 28.4 Å². The van der Waals surface area contributed by atoms with E-state index < -0.39 is 5.91 Å². The van der Waals surface area contributed by atoms with Gasteiger partial charge in [-0.05, 0) is 30.3 Å². The van der Waals surface area contributed by atoms with Gasteiger partial charge in [-0.25, -0.2) is 9.78 Å². The second-order valence-electron chi connectivity index (χ2n) is 9.03. The number of benzene rings is 1. The number of rotatable bonds is 6. The molecule has 1 amide bonds. The Bertz CT molecular complexity index is 1670. The predicted octanol–water partition coefficient (Wildman–Crippen LogP) is 0.541. The number of hydrogen-bond acceptors (Lipinski definition) is 9. The van der Waals surface area contributed by atoms with E-state index >= 15 is 0 Å². The third-order valence-corrected chi connectivity index (χ3v) is 6.83. The van der Waals surface area contributed by atoms with Crippen LogP contribution in [-0.4, -0.2) is 72.2 Å². The molecule has 5 heterocycles. The van der Waals surface area contributed by atoms with Crippen LogP contribution in [0, 0.1) is 0 Å². The summed E-state index contributed by atoms with van der Waals surface area (Å²) < 4.78 is 10.0. The lowest BCUT2D eigenvalue weighted by molar-refractivity contribution is 0.100. The molecule has 0 saturated carbocycles. The summed E-state index contributed by atoms with van der Waals surface area (Å²) in [5, 5.41) is 4.41. The maximum atomic E-state index is 13.2. The van der Waals surface area contributed by atoms with Crippen molar-refractivity contribution in [3.05, 3.63) is 58.7 Å². The molecule has 1 fully saturated rings. The van der Waals surface area contributed by atoms with Crippen LogP contribution in [0.5, 0.6) is 0 Å². The highest BCUT2D eigenvalue weighted by molar-refractivity contribution is 5.93. The number of furan rings is 1. The Morgan fingerprint density at radius 1 is 1.05 bits per heavy atom. The summed E-state index contributed by atoms with van der Waals surface area (Å²) in [4.78, 5) is 38.3. The molecule has 13 nitrogen and oxygen atoms in total. The van der Waals surface area contributed by atoms with Crippen molar-refractivity contribution in [1.82, 2.24) is 33.6 Å². The number of primary amides is 1. The molecule has 4 N–H and O–H groups in total. The predicted molar refractivity (Wildman–Crippen MR) is 137 cm³/mol. The van der Waals surface area contributed by atoms with Gasteiger partial charge in [0, 0.05) is 57.6 Å². The van der Waals surface area contributed by atoms with Gasteiger partial charge in [0.25, 0.3) is 0 Å². The Balaban J connectivity index is 1.22. The van der Waals surface area contributed by atoms with E-state index in [0.29, 0.717) is 47.0 Å². The first kappa shape index (κ1) is 22.8. The Labute approximate surface area is 210 Å². The Morgan fingerprint density at radius 3 is 2.59 bits per heavy atom. The molecule has 0 bridgehead atoms. The smallest absolute Gasteiger partial charge is 0.330 e. The summed E-state index contributed by atoms with van der Waals surface area (Å²) >= 11 is 0. The monoisotopic (exact) mass is 502 g/mol. The summed E-state index contributed by atoms with van der Waals surface area (Å²) in [6.07, 6.45) is 1.54. The van der Waals surface area contributed by atoms with E-state index in [9.17, 15) is 9.59 Å². The highest BCUT2D eigenvalue weighted by Crippen LogP contribution is 2.23. The molecular formula is C24H26N10O3. The number of nitrogen functional groups attached to an aromatic ring is 1. The van der Waals surface area contributed by atoms with E-state index in [1.165, 1.54) is 9.08 Å². The number of aryl methyl sites for hydroxylation is 1. The highest BCUT2D eigenvalue weighted by Gasteiger charge is 2.23. The molecule has 190 valence electrons.